The molecule has 2 heterocycles. The van der Waals surface area contributed by atoms with Gasteiger partial charge >= 0.3 is 0 Å². The van der Waals surface area contributed by atoms with Gasteiger partial charge in [0.2, 0.25) is 5.75 Å². The molecular weight excluding hydrogens is 426 g/mol. The fourth-order valence-corrected chi connectivity index (χ4v) is 4.00. The van der Waals surface area contributed by atoms with Gasteiger partial charge in [-0.05, 0) is 30.7 Å². The molecule has 0 radical (unpaired) electrons. The third kappa shape index (κ3) is 3.86. The predicted octanol–water partition coefficient (Wildman–Crippen LogP) is 3.17. The van der Waals surface area contributed by atoms with Gasteiger partial charge in [-0.15, -0.1) is 0 Å². The molecule has 4 rings (SSSR count). The normalized spacial score (nSPS) is 13.2. The molecule has 33 heavy (non-hydrogen) atoms. The summed E-state index contributed by atoms with van der Waals surface area (Å²) in [7, 11) is 5.97. The number of carbonyl (C=O) groups excluding carboxylic acids is 2. The molecule has 1 fully saturated rings. The number of hydrogen-bond acceptors (Lipinski definition) is 7. The lowest BCUT2D eigenvalue weighted by atomic mass is 10.1. The van der Waals surface area contributed by atoms with Crippen molar-refractivity contribution in [2.75, 3.05) is 41.5 Å². The Balaban J connectivity index is 1.70. The van der Waals surface area contributed by atoms with E-state index in [-0.39, 0.29) is 28.8 Å². The largest absolute Gasteiger partial charge is 0.496 e. The minimum absolute atomic E-state index is 0.199. The fraction of sp³-hybridized carbons (Fsp3) is 0.292. The van der Waals surface area contributed by atoms with Crippen molar-refractivity contribution >= 4 is 22.7 Å². The number of aromatic nitrogens is 1. The summed E-state index contributed by atoms with van der Waals surface area (Å²) in [6.45, 7) is 0.768. The van der Waals surface area contributed by atoms with Crippen molar-refractivity contribution in [1.29, 1.82) is 0 Å². The highest BCUT2D eigenvalue weighted by Crippen LogP contribution is 2.40. The zero-order valence-electron chi connectivity index (χ0n) is 19.0. The second-order valence-corrected chi connectivity index (χ2v) is 7.32. The summed E-state index contributed by atoms with van der Waals surface area (Å²) in [5, 5.41) is 3.63. The number of carbonyl (C=O) groups is 2. The van der Waals surface area contributed by atoms with Crippen molar-refractivity contribution in [2.45, 2.75) is 6.42 Å². The number of para-hydroxylation sites is 1. The van der Waals surface area contributed by atoms with Gasteiger partial charge in [0, 0.05) is 24.5 Å². The average Bonchev–Trinajstić information content (AvgIpc) is 3.35. The van der Waals surface area contributed by atoms with E-state index in [1.807, 2.05) is 24.3 Å². The molecule has 0 aliphatic carbocycles. The van der Waals surface area contributed by atoms with Crippen LogP contribution in [0.25, 0.3) is 10.9 Å². The topological polar surface area (TPSA) is 90.4 Å². The Labute approximate surface area is 191 Å². The third-order valence-corrected chi connectivity index (χ3v) is 5.55. The van der Waals surface area contributed by atoms with Gasteiger partial charge in [0.1, 0.15) is 11.4 Å². The van der Waals surface area contributed by atoms with Crippen molar-refractivity contribution in [2.24, 2.45) is 0 Å². The summed E-state index contributed by atoms with van der Waals surface area (Å²) in [5.41, 5.74) is 1.10. The Morgan fingerprint density at radius 3 is 2.12 bits per heavy atom. The second-order valence-electron chi connectivity index (χ2n) is 7.32. The highest BCUT2D eigenvalue weighted by Gasteiger charge is 2.35. The summed E-state index contributed by atoms with van der Waals surface area (Å²) in [6.07, 6.45) is 0.637. The van der Waals surface area contributed by atoms with Crippen molar-refractivity contribution in [1.82, 2.24) is 15.0 Å². The van der Waals surface area contributed by atoms with E-state index in [9.17, 15) is 9.59 Å². The van der Waals surface area contributed by atoms with E-state index in [0.29, 0.717) is 42.3 Å². The number of rotatable bonds is 6. The van der Waals surface area contributed by atoms with Crippen molar-refractivity contribution in [3.05, 3.63) is 53.7 Å². The quantitative estimate of drug-likeness (QED) is 0.569. The van der Waals surface area contributed by atoms with Crippen molar-refractivity contribution < 1.29 is 28.5 Å². The maximum atomic E-state index is 13.5. The van der Waals surface area contributed by atoms with Gasteiger partial charge in [-0.3, -0.25) is 9.59 Å². The van der Waals surface area contributed by atoms with Crippen LogP contribution in [0, 0.1) is 0 Å². The minimum atomic E-state index is -0.385. The first-order valence-corrected chi connectivity index (χ1v) is 10.4. The summed E-state index contributed by atoms with van der Waals surface area (Å²) in [5.74, 6) is 0.765. The van der Waals surface area contributed by atoms with Gasteiger partial charge in [0.15, 0.2) is 11.5 Å². The van der Waals surface area contributed by atoms with Crippen LogP contribution in [-0.2, 0) is 0 Å². The summed E-state index contributed by atoms with van der Waals surface area (Å²) >= 11 is 0. The maximum absolute atomic E-state index is 13.5. The third-order valence-electron chi connectivity index (χ3n) is 5.55. The molecule has 172 valence electrons. The van der Waals surface area contributed by atoms with Gasteiger partial charge in [-0.25, -0.2) is 15.0 Å². The van der Waals surface area contributed by atoms with Crippen molar-refractivity contribution in [3.8, 4) is 23.0 Å². The van der Waals surface area contributed by atoms with Crippen LogP contribution in [0.5, 0.6) is 23.0 Å². The lowest BCUT2D eigenvalue weighted by molar-refractivity contribution is 0.0180. The van der Waals surface area contributed by atoms with Crippen LogP contribution in [0.3, 0.4) is 0 Å². The van der Waals surface area contributed by atoms with E-state index in [1.54, 1.807) is 25.3 Å². The standard InChI is InChI=1S/C24H25N3O6/c1-30-19-11-10-16(21(32-3)22(19)33-4)23(28)26-12-7-13-27(26)24(29)18-14-20(31-2)15-8-5-6-9-17(15)25-18/h5-6,8-11,14H,7,12-13H2,1-4H3. The molecule has 0 saturated carbocycles. The van der Waals surface area contributed by atoms with Crippen LogP contribution < -0.4 is 18.9 Å². The lowest BCUT2D eigenvalue weighted by Crippen LogP contribution is -2.45. The molecule has 1 saturated heterocycles. The van der Waals surface area contributed by atoms with Crippen LogP contribution in [0.1, 0.15) is 27.3 Å². The Morgan fingerprint density at radius 1 is 0.788 bits per heavy atom. The van der Waals surface area contributed by atoms with Crippen molar-refractivity contribution in [3.63, 3.8) is 0 Å². The molecular formula is C24H25N3O6. The van der Waals surface area contributed by atoms with Crippen LogP contribution >= 0.6 is 0 Å². The predicted molar refractivity (Wildman–Crippen MR) is 121 cm³/mol. The Hall–Kier alpha value is -4.01. The van der Waals surface area contributed by atoms with E-state index in [0.717, 1.165) is 5.39 Å². The lowest BCUT2D eigenvalue weighted by Gasteiger charge is -2.28. The van der Waals surface area contributed by atoms with E-state index in [2.05, 4.69) is 4.98 Å². The maximum Gasteiger partial charge on any atom is 0.291 e. The molecule has 0 bridgehead atoms. The average molecular weight is 451 g/mol. The number of hydrogen-bond donors (Lipinski definition) is 0. The van der Waals surface area contributed by atoms with Crippen LogP contribution in [0.15, 0.2) is 42.5 Å². The van der Waals surface area contributed by atoms with E-state index in [4.69, 9.17) is 18.9 Å². The molecule has 0 spiro atoms. The van der Waals surface area contributed by atoms with Gasteiger partial charge in [-0.1, -0.05) is 12.1 Å². The molecule has 2 amide bonds. The zero-order valence-corrected chi connectivity index (χ0v) is 19.0. The molecule has 3 aromatic rings. The van der Waals surface area contributed by atoms with E-state index < -0.39 is 0 Å². The van der Waals surface area contributed by atoms with Gasteiger partial charge in [0.05, 0.1) is 39.5 Å². The monoisotopic (exact) mass is 451 g/mol. The van der Waals surface area contributed by atoms with Gasteiger partial charge in [-0.2, -0.15) is 0 Å². The first-order chi connectivity index (χ1) is 16.0. The minimum Gasteiger partial charge on any atom is -0.496 e. The molecule has 9 nitrogen and oxygen atoms in total. The van der Waals surface area contributed by atoms with Gasteiger partial charge in [0.25, 0.3) is 11.8 Å². The molecule has 0 atom stereocenters. The van der Waals surface area contributed by atoms with Crippen LogP contribution in [0.2, 0.25) is 0 Å². The smallest absolute Gasteiger partial charge is 0.291 e. The molecule has 0 unspecified atom stereocenters. The summed E-state index contributed by atoms with van der Waals surface area (Å²) in [4.78, 5) is 31.4. The van der Waals surface area contributed by atoms with Crippen LogP contribution in [-0.4, -0.2) is 68.3 Å². The summed E-state index contributed by atoms with van der Waals surface area (Å²) in [6, 6.07) is 12.2. The molecule has 0 N–H and O–H groups in total. The number of fused-ring (bicyclic) bond motifs is 1. The highest BCUT2D eigenvalue weighted by atomic mass is 16.5. The molecule has 1 aliphatic heterocycles. The Bertz CT molecular complexity index is 1210. The van der Waals surface area contributed by atoms with Gasteiger partial charge < -0.3 is 18.9 Å². The first kappa shape index (κ1) is 22.2. The number of amides is 2. The zero-order chi connectivity index (χ0) is 23.5. The number of nitrogens with zero attached hydrogens (tertiary/aromatic N) is 3. The van der Waals surface area contributed by atoms with E-state index >= 15 is 0 Å². The highest BCUT2D eigenvalue weighted by molar-refractivity contribution is 6.02. The molecule has 9 heteroatoms. The number of ether oxygens (including phenoxy) is 4. The number of benzene rings is 2. The second kappa shape index (κ2) is 9.23. The fourth-order valence-electron chi connectivity index (χ4n) is 4.00. The number of pyridine rings is 1. The summed E-state index contributed by atoms with van der Waals surface area (Å²) < 4.78 is 21.6. The van der Waals surface area contributed by atoms with Crippen LogP contribution in [0.4, 0.5) is 0 Å². The molecule has 1 aliphatic rings. The first-order valence-electron chi connectivity index (χ1n) is 10.4. The Morgan fingerprint density at radius 2 is 1.45 bits per heavy atom. The number of methoxy groups -OCH3 is 4. The molecule has 1 aromatic heterocycles. The SMILES string of the molecule is COc1ccc(C(=O)N2CCCN2C(=O)c2cc(OC)c3ccccc3n2)c(OC)c1OC. The Kier molecular flexibility index (Phi) is 6.21. The van der Waals surface area contributed by atoms with E-state index in [1.165, 1.54) is 31.3 Å². The molecule has 2 aromatic carbocycles. The number of hydrazine groups is 1.